The quantitative estimate of drug-likeness (QED) is 0.748. The number of amides is 1. The molecule has 0 radical (unpaired) electrons. The van der Waals surface area contributed by atoms with Crippen molar-refractivity contribution >= 4 is 5.91 Å². The fourth-order valence-electron chi connectivity index (χ4n) is 9.34. The van der Waals surface area contributed by atoms with Gasteiger partial charge >= 0.3 is 0 Å². The van der Waals surface area contributed by atoms with E-state index in [0.717, 1.165) is 38.6 Å². The highest BCUT2D eigenvalue weighted by Crippen LogP contribution is 2.69. The Balaban J connectivity index is 1.74. The number of hydrogen-bond donors (Lipinski definition) is 2. The van der Waals surface area contributed by atoms with Crippen LogP contribution in [0.4, 0.5) is 0 Å². The minimum absolute atomic E-state index is 0.00944. The molecule has 1 heterocycles. The summed E-state index contributed by atoms with van der Waals surface area (Å²) in [6, 6.07) is 0.266. The molecule has 1 aliphatic heterocycles. The third-order valence-electron chi connectivity index (χ3n) is 9.78. The Morgan fingerprint density at radius 2 is 1.79 bits per heavy atom. The Labute approximate surface area is 171 Å². The van der Waals surface area contributed by atoms with Crippen LogP contribution in [0.1, 0.15) is 86.5 Å². The van der Waals surface area contributed by atoms with Gasteiger partial charge in [0.15, 0.2) is 0 Å². The van der Waals surface area contributed by atoms with Crippen LogP contribution in [0.2, 0.25) is 0 Å². The first-order chi connectivity index (χ1) is 12.9. The highest BCUT2D eigenvalue weighted by atomic mass is 16.3. The zero-order chi connectivity index (χ0) is 20.7. The van der Waals surface area contributed by atoms with E-state index in [-0.39, 0.29) is 28.7 Å². The van der Waals surface area contributed by atoms with E-state index >= 15 is 0 Å². The van der Waals surface area contributed by atoms with Crippen LogP contribution < -0.4 is 0 Å². The molecular formula is C24H41NO3. The Morgan fingerprint density at radius 1 is 1.11 bits per heavy atom. The number of hydrogen-bond acceptors (Lipinski definition) is 3. The summed E-state index contributed by atoms with van der Waals surface area (Å²) in [5.74, 6) is 1.84. The topological polar surface area (TPSA) is 60.8 Å². The van der Waals surface area contributed by atoms with E-state index in [2.05, 4.69) is 32.6 Å². The maximum atomic E-state index is 12.6. The number of aliphatic hydroxyl groups is 2. The number of rotatable bonds is 2. The van der Waals surface area contributed by atoms with Gasteiger partial charge in [0.2, 0.25) is 5.91 Å². The maximum absolute atomic E-state index is 12.6. The van der Waals surface area contributed by atoms with Gasteiger partial charge in [0.1, 0.15) is 0 Å². The first-order valence-corrected chi connectivity index (χ1v) is 11.6. The molecule has 1 saturated heterocycles. The van der Waals surface area contributed by atoms with Crippen LogP contribution in [-0.2, 0) is 4.79 Å². The van der Waals surface area contributed by atoms with E-state index in [4.69, 9.17) is 0 Å². The lowest BCUT2D eigenvalue weighted by Gasteiger charge is -2.66. The summed E-state index contributed by atoms with van der Waals surface area (Å²) < 4.78 is 0. The van der Waals surface area contributed by atoms with E-state index in [1.165, 1.54) is 6.42 Å². The molecule has 4 fully saturated rings. The maximum Gasteiger partial charge on any atom is 0.222 e. The van der Waals surface area contributed by atoms with Gasteiger partial charge in [-0.2, -0.15) is 0 Å². The van der Waals surface area contributed by atoms with Crippen LogP contribution in [0.5, 0.6) is 0 Å². The van der Waals surface area contributed by atoms with Crippen LogP contribution >= 0.6 is 0 Å². The van der Waals surface area contributed by atoms with Gasteiger partial charge in [-0.15, -0.1) is 0 Å². The van der Waals surface area contributed by atoms with Crippen LogP contribution in [0.15, 0.2) is 0 Å². The van der Waals surface area contributed by atoms with E-state index in [9.17, 15) is 15.0 Å². The van der Waals surface area contributed by atoms with E-state index < -0.39 is 11.2 Å². The summed E-state index contributed by atoms with van der Waals surface area (Å²) >= 11 is 0. The average Bonchev–Trinajstić information content (AvgIpc) is 2.90. The molecule has 0 aromatic carbocycles. The van der Waals surface area contributed by atoms with Crippen LogP contribution in [0.25, 0.3) is 0 Å². The summed E-state index contributed by atoms with van der Waals surface area (Å²) in [5, 5.41) is 22.8. The molecule has 160 valence electrons. The van der Waals surface area contributed by atoms with Gasteiger partial charge in [-0.25, -0.2) is 0 Å². The number of likely N-dealkylation sites (tertiary alicyclic amines) is 1. The predicted octanol–water partition coefficient (Wildman–Crippen LogP) is 3.99. The molecule has 8 atom stereocenters. The first kappa shape index (κ1) is 20.7. The summed E-state index contributed by atoms with van der Waals surface area (Å²) in [5.41, 5.74) is -1.48. The molecule has 0 aromatic heterocycles. The predicted molar refractivity (Wildman–Crippen MR) is 111 cm³/mol. The Morgan fingerprint density at radius 3 is 2.39 bits per heavy atom. The fraction of sp³-hybridized carbons (Fsp3) is 0.958. The molecular weight excluding hydrogens is 350 g/mol. The van der Waals surface area contributed by atoms with Gasteiger partial charge in [-0.05, 0) is 101 Å². The van der Waals surface area contributed by atoms with Gasteiger partial charge < -0.3 is 15.1 Å². The van der Waals surface area contributed by atoms with Crippen molar-refractivity contribution in [2.75, 3.05) is 6.54 Å². The Kier molecular flexibility index (Phi) is 4.57. The Bertz CT molecular complexity index is 653. The molecule has 0 aromatic rings. The smallest absolute Gasteiger partial charge is 0.222 e. The van der Waals surface area contributed by atoms with Gasteiger partial charge in [-0.3, -0.25) is 4.79 Å². The largest absolute Gasteiger partial charge is 0.390 e. The van der Waals surface area contributed by atoms with Crippen LogP contribution in [0, 0.1) is 34.5 Å². The summed E-state index contributed by atoms with van der Waals surface area (Å²) in [6.07, 6.45) is 6.68. The monoisotopic (exact) mass is 391 g/mol. The van der Waals surface area contributed by atoms with Crippen molar-refractivity contribution in [1.82, 2.24) is 4.90 Å². The highest BCUT2D eigenvalue weighted by Gasteiger charge is 2.68. The standard InChI is InChI=1S/C24H41NO3/c1-7-25-18-11-8-15-16-9-10-17(21(2,3)27)23(16,5)14-24(6,28)20(15)22(18,4)13-12-19(25)26/h15-18,20,27-28H,7-14H2,1-6H3/t15?,16?,17-,18?,20?,22+,23+,24+/m1/s1. The minimum atomic E-state index is -0.753. The molecule has 4 aliphatic rings. The number of carbonyl (C=O) groups excluding carboxylic acids is 1. The summed E-state index contributed by atoms with van der Waals surface area (Å²) in [4.78, 5) is 14.7. The minimum Gasteiger partial charge on any atom is -0.390 e. The second kappa shape index (κ2) is 6.20. The highest BCUT2D eigenvalue weighted by molar-refractivity contribution is 5.77. The van der Waals surface area contributed by atoms with Gasteiger partial charge in [-0.1, -0.05) is 13.8 Å². The van der Waals surface area contributed by atoms with Crippen LogP contribution in [0.3, 0.4) is 0 Å². The van der Waals surface area contributed by atoms with Crippen molar-refractivity contribution in [3.05, 3.63) is 0 Å². The number of piperidine rings is 1. The molecule has 4 nitrogen and oxygen atoms in total. The second-order valence-electron chi connectivity index (χ2n) is 11.9. The van der Waals surface area contributed by atoms with E-state index in [0.29, 0.717) is 24.2 Å². The van der Waals surface area contributed by atoms with E-state index in [1.54, 1.807) is 0 Å². The molecule has 4 heteroatoms. The third kappa shape index (κ3) is 2.66. The van der Waals surface area contributed by atoms with E-state index in [1.807, 2.05) is 13.8 Å². The average molecular weight is 392 g/mol. The lowest BCUT2D eigenvalue weighted by atomic mass is 9.42. The van der Waals surface area contributed by atoms with Crippen molar-refractivity contribution < 1.29 is 15.0 Å². The molecule has 0 bridgehead atoms. The molecule has 0 spiro atoms. The normalized spacial score (nSPS) is 51.5. The van der Waals surface area contributed by atoms with Crippen LogP contribution in [-0.4, -0.2) is 44.8 Å². The van der Waals surface area contributed by atoms with Gasteiger partial charge in [0, 0.05) is 19.0 Å². The molecule has 1 amide bonds. The molecule has 4 rings (SSSR count). The molecule has 28 heavy (non-hydrogen) atoms. The third-order valence-corrected chi connectivity index (χ3v) is 9.78. The molecule has 2 N–H and O–H groups in total. The number of nitrogens with zero attached hydrogens (tertiary/aromatic N) is 1. The number of fused-ring (bicyclic) bond motifs is 5. The molecule has 3 saturated carbocycles. The fourth-order valence-corrected chi connectivity index (χ4v) is 9.34. The number of carbonyl (C=O) groups is 1. The van der Waals surface area contributed by atoms with Crippen molar-refractivity contribution in [2.24, 2.45) is 34.5 Å². The SMILES string of the molecule is CCN1C(=O)CC[C@@]2(C)C1CCC1C2[C@@](C)(O)C[C@@]2(C)C1CC[C@@H]2C(C)(C)O. The first-order valence-electron chi connectivity index (χ1n) is 11.6. The van der Waals surface area contributed by atoms with Crippen molar-refractivity contribution in [2.45, 2.75) is 104 Å². The van der Waals surface area contributed by atoms with Crippen molar-refractivity contribution in [3.8, 4) is 0 Å². The zero-order valence-electron chi connectivity index (χ0n) is 18.8. The lowest BCUT2D eigenvalue weighted by molar-refractivity contribution is -0.225. The molecule has 3 aliphatic carbocycles. The second-order valence-corrected chi connectivity index (χ2v) is 11.9. The van der Waals surface area contributed by atoms with Gasteiger partial charge in [0.05, 0.1) is 11.2 Å². The van der Waals surface area contributed by atoms with Crippen molar-refractivity contribution in [1.29, 1.82) is 0 Å². The Hall–Kier alpha value is -0.610. The lowest BCUT2D eigenvalue weighted by Crippen LogP contribution is -2.68. The summed E-state index contributed by atoms with van der Waals surface area (Å²) in [6.45, 7) is 13.5. The van der Waals surface area contributed by atoms with Crippen molar-refractivity contribution in [3.63, 3.8) is 0 Å². The summed E-state index contributed by atoms with van der Waals surface area (Å²) in [7, 11) is 0. The zero-order valence-corrected chi connectivity index (χ0v) is 18.8. The van der Waals surface area contributed by atoms with Gasteiger partial charge in [0.25, 0.3) is 0 Å². The molecule has 4 unspecified atom stereocenters.